The Morgan fingerprint density at radius 1 is 1.23 bits per heavy atom. The van der Waals surface area contributed by atoms with Crippen molar-refractivity contribution in [1.82, 2.24) is 0 Å². The first kappa shape index (κ1) is 12.8. The molecule has 0 unspecified atom stereocenters. The van der Waals surface area contributed by atoms with Crippen LogP contribution >= 0.6 is 0 Å². The summed E-state index contributed by atoms with van der Waals surface area (Å²) in [4.78, 5) is 0. The van der Waals surface area contributed by atoms with Crippen LogP contribution in [0.4, 0.5) is 0 Å². The summed E-state index contributed by atoms with van der Waals surface area (Å²) in [5.41, 5.74) is 0.0565. The van der Waals surface area contributed by atoms with Gasteiger partial charge in [0, 0.05) is 11.6 Å². The van der Waals surface area contributed by atoms with E-state index in [1.165, 1.54) is 0 Å². The van der Waals surface area contributed by atoms with Crippen molar-refractivity contribution in [1.29, 1.82) is 0 Å². The minimum atomic E-state index is -1.12. The first-order valence-electron chi connectivity index (χ1n) is 4.66. The Morgan fingerprint density at radius 2 is 1.69 bits per heavy atom. The van der Waals surface area contributed by atoms with Gasteiger partial charge >= 0.3 is 0 Å². The molecule has 0 aromatic carbocycles. The Labute approximate surface area is 84.4 Å². The van der Waals surface area contributed by atoms with Crippen molar-refractivity contribution in [3.05, 3.63) is 0 Å². The Balaban J connectivity index is 4.38. The third kappa shape index (κ3) is 5.19. The predicted molar refractivity (Wildman–Crippen MR) is 60.5 cm³/mol. The highest BCUT2D eigenvalue weighted by molar-refractivity contribution is 7.85. The lowest BCUT2D eigenvalue weighted by atomic mass is 9.92. The van der Waals surface area contributed by atoms with E-state index in [1.807, 2.05) is 27.0 Å². The Hall–Kier alpha value is -0.180. The fourth-order valence-electron chi connectivity index (χ4n) is 0.440. The van der Waals surface area contributed by atoms with Crippen molar-refractivity contribution < 1.29 is 4.21 Å². The Kier molecular flexibility index (Phi) is 4.30. The SMILES string of the molecule is CCC(C)(C)C=N[S@@](=O)C(C)(C)C. The molecule has 2 nitrogen and oxygen atoms in total. The van der Waals surface area contributed by atoms with Crippen LogP contribution in [-0.4, -0.2) is 15.2 Å². The molecule has 78 valence electrons. The summed E-state index contributed by atoms with van der Waals surface area (Å²) in [7, 11) is -1.12. The fourth-order valence-corrected chi connectivity index (χ4v) is 1.14. The summed E-state index contributed by atoms with van der Waals surface area (Å²) in [5.74, 6) is 0. The molecule has 0 aromatic rings. The van der Waals surface area contributed by atoms with E-state index in [1.54, 1.807) is 0 Å². The van der Waals surface area contributed by atoms with E-state index in [4.69, 9.17) is 0 Å². The molecule has 0 aliphatic heterocycles. The molecular formula is C10H21NOS. The zero-order valence-electron chi connectivity index (χ0n) is 9.55. The van der Waals surface area contributed by atoms with Crippen molar-refractivity contribution in [2.75, 3.05) is 0 Å². The molecule has 0 saturated carbocycles. The van der Waals surface area contributed by atoms with Gasteiger partial charge in [0.25, 0.3) is 0 Å². The molecule has 1 atom stereocenters. The normalized spacial score (nSPS) is 16.5. The summed E-state index contributed by atoms with van der Waals surface area (Å²) >= 11 is 0. The van der Waals surface area contributed by atoms with Crippen LogP contribution in [0.25, 0.3) is 0 Å². The summed E-state index contributed by atoms with van der Waals surface area (Å²) < 4.78 is 15.4. The second-order valence-corrected chi connectivity index (χ2v) is 6.87. The number of hydrogen-bond acceptors (Lipinski definition) is 1. The lowest BCUT2D eigenvalue weighted by Gasteiger charge is -2.18. The second-order valence-electron chi connectivity index (χ2n) is 4.94. The molecule has 0 radical (unpaired) electrons. The van der Waals surface area contributed by atoms with Gasteiger partial charge in [-0.25, -0.2) is 4.21 Å². The summed E-state index contributed by atoms with van der Waals surface area (Å²) in [6.07, 6.45) is 2.83. The van der Waals surface area contributed by atoms with Crippen molar-refractivity contribution in [3.63, 3.8) is 0 Å². The van der Waals surface area contributed by atoms with E-state index in [9.17, 15) is 4.21 Å². The van der Waals surface area contributed by atoms with Gasteiger partial charge in [-0.3, -0.25) is 0 Å². The molecule has 3 heteroatoms. The standard InChI is InChI=1S/C10H21NOS/c1-7-10(5,6)8-11-13(12)9(2,3)4/h8H,7H2,1-6H3/t13-/m0/s1. The first-order valence-corrected chi connectivity index (χ1v) is 5.77. The molecule has 0 amide bonds. The summed E-state index contributed by atoms with van der Waals surface area (Å²) in [6, 6.07) is 0. The Bertz CT molecular complexity index is 213. The molecule has 0 aliphatic carbocycles. The van der Waals surface area contributed by atoms with Crippen LogP contribution in [0.15, 0.2) is 4.40 Å². The van der Waals surface area contributed by atoms with E-state index < -0.39 is 11.0 Å². The highest BCUT2D eigenvalue weighted by Gasteiger charge is 2.19. The molecule has 0 saturated heterocycles. The zero-order valence-corrected chi connectivity index (χ0v) is 10.4. The van der Waals surface area contributed by atoms with Gasteiger partial charge in [0.15, 0.2) is 0 Å². The smallest absolute Gasteiger partial charge is 0.144 e. The maximum absolute atomic E-state index is 11.5. The molecule has 0 aromatic heterocycles. The van der Waals surface area contributed by atoms with E-state index in [2.05, 4.69) is 25.2 Å². The van der Waals surface area contributed by atoms with Crippen LogP contribution in [-0.2, 0) is 11.0 Å². The maximum atomic E-state index is 11.5. The average molecular weight is 203 g/mol. The first-order chi connectivity index (χ1) is 5.69. The lowest BCUT2D eigenvalue weighted by molar-refractivity contribution is 0.516. The van der Waals surface area contributed by atoms with Crippen molar-refractivity contribution >= 4 is 17.2 Å². The topological polar surface area (TPSA) is 29.4 Å². The summed E-state index contributed by atoms with van der Waals surface area (Å²) in [5, 5.41) is 0. The van der Waals surface area contributed by atoms with Gasteiger partial charge in [0.2, 0.25) is 0 Å². The maximum Gasteiger partial charge on any atom is 0.144 e. The van der Waals surface area contributed by atoms with Gasteiger partial charge in [0.05, 0.1) is 4.75 Å². The zero-order chi connectivity index (χ0) is 10.7. The number of nitrogens with zero attached hydrogens (tertiary/aromatic N) is 1. The van der Waals surface area contributed by atoms with Crippen molar-refractivity contribution in [2.45, 2.75) is 52.7 Å². The van der Waals surface area contributed by atoms with E-state index in [0.717, 1.165) is 6.42 Å². The van der Waals surface area contributed by atoms with Gasteiger partial charge in [-0.15, -0.1) is 0 Å². The lowest BCUT2D eigenvalue weighted by Crippen LogP contribution is -2.21. The molecule has 0 N–H and O–H groups in total. The molecule has 0 heterocycles. The van der Waals surface area contributed by atoms with Crippen LogP contribution in [0.3, 0.4) is 0 Å². The van der Waals surface area contributed by atoms with Crippen LogP contribution in [0, 0.1) is 5.41 Å². The Morgan fingerprint density at radius 3 is 2.00 bits per heavy atom. The van der Waals surface area contributed by atoms with Gasteiger partial charge in [-0.1, -0.05) is 20.8 Å². The minimum Gasteiger partial charge on any atom is -0.234 e. The van der Waals surface area contributed by atoms with Crippen LogP contribution in [0.5, 0.6) is 0 Å². The summed E-state index contributed by atoms with van der Waals surface area (Å²) in [6.45, 7) is 12.1. The molecule has 0 aliphatic rings. The molecule has 0 bridgehead atoms. The number of rotatable bonds is 3. The van der Waals surface area contributed by atoms with E-state index in [-0.39, 0.29) is 10.2 Å². The van der Waals surface area contributed by atoms with E-state index in [0.29, 0.717) is 0 Å². The van der Waals surface area contributed by atoms with Gasteiger partial charge in [-0.05, 0) is 27.2 Å². The van der Waals surface area contributed by atoms with Crippen LogP contribution in [0.2, 0.25) is 0 Å². The van der Waals surface area contributed by atoms with Crippen molar-refractivity contribution in [3.8, 4) is 0 Å². The quantitative estimate of drug-likeness (QED) is 0.648. The molecule has 0 rings (SSSR count). The largest absolute Gasteiger partial charge is 0.234 e. The van der Waals surface area contributed by atoms with Gasteiger partial charge in [-0.2, -0.15) is 4.40 Å². The molecule has 0 fully saturated rings. The highest BCUT2D eigenvalue weighted by atomic mass is 32.2. The average Bonchev–Trinajstić information content (AvgIpc) is 1.98. The van der Waals surface area contributed by atoms with Gasteiger partial charge < -0.3 is 0 Å². The molecule has 0 spiro atoms. The van der Waals surface area contributed by atoms with Crippen LogP contribution in [0.1, 0.15) is 48.0 Å². The third-order valence-corrected chi connectivity index (χ3v) is 3.28. The third-order valence-electron chi connectivity index (χ3n) is 1.93. The second kappa shape index (κ2) is 4.36. The fraction of sp³-hybridized carbons (Fsp3) is 0.900. The van der Waals surface area contributed by atoms with Gasteiger partial charge in [0.1, 0.15) is 11.0 Å². The van der Waals surface area contributed by atoms with E-state index >= 15 is 0 Å². The highest BCUT2D eigenvalue weighted by Crippen LogP contribution is 2.18. The molecule has 13 heavy (non-hydrogen) atoms. The number of hydrogen-bond donors (Lipinski definition) is 0. The monoisotopic (exact) mass is 203 g/mol. The molecular weight excluding hydrogens is 182 g/mol. The van der Waals surface area contributed by atoms with Crippen LogP contribution < -0.4 is 0 Å². The van der Waals surface area contributed by atoms with Crippen molar-refractivity contribution in [2.24, 2.45) is 9.81 Å². The predicted octanol–water partition coefficient (Wildman–Crippen LogP) is 2.96. The minimum absolute atomic E-state index is 0.0565.